The smallest absolute Gasteiger partial charge is 0.391 e. The molecule has 3 nitrogen and oxygen atoms in total. The highest BCUT2D eigenvalue weighted by molar-refractivity contribution is 5.69. The van der Waals surface area contributed by atoms with Crippen molar-refractivity contribution in [1.82, 2.24) is 4.90 Å². The molecular weight excluding hydrogens is 259 g/mol. The molecule has 1 aliphatic carbocycles. The summed E-state index contributed by atoms with van der Waals surface area (Å²) in [5, 5.41) is 8.90. The molecule has 6 heteroatoms. The van der Waals surface area contributed by atoms with Crippen molar-refractivity contribution in [1.29, 1.82) is 0 Å². The summed E-state index contributed by atoms with van der Waals surface area (Å²) in [6, 6.07) is 0.0883. The third-order valence-corrected chi connectivity index (χ3v) is 4.01. The molecule has 1 rings (SSSR count). The second-order valence-electron chi connectivity index (χ2n) is 5.37. The van der Waals surface area contributed by atoms with Gasteiger partial charge in [-0.3, -0.25) is 9.69 Å². The van der Waals surface area contributed by atoms with Crippen LogP contribution < -0.4 is 0 Å². The van der Waals surface area contributed by atoms with E-state index in [1.54, 1.807) is 6.92 Å². The number of carboxylic acids is 1. The molecule has 0 aromatic carbocycles. The van der Waals surface area contributed by atoms with Crippen molar-refractivity contribution in [2.75, 3.05) is 13.1 Å². The number of alkyl halides is 3. The summed E-state index contributed by atoms with van der Waals surface area (Å²) in [7, 11) is 0. The lowest BCUT2D eigenvalue weighted by Gasteiger charge is -2.37. The Morgan fingerprint density at radius 1 is 1.32 bits per heavy atom. The van der Waals surface area contributed by atoms with Crippen LogP contribution in [0, 0.1) is 11.8 Å². The van der Waals surface area contributed by atoms with Gasteiger partial charge in [0, 0.05) is 12.6 Å². The molecule has 1 atom stereocenters. The molecule has 0 radical (unpaired) electrons. The minimum atomic E-state index is -4.09. The Kier molecular flexibility index (Phi) is 5.64. The van der Waals surface area contributed by atoms with E-state index in [0.717, 1.165) is 0 Å². The van der Waals surface area contributed by atoms with Crippen LogP contribution in [0.3, 0.4) is 0 Å². The Labute approximate surface area is 111 Å². The number of hydrogen-bond acceptors (Lipinski definition) is 2. The summed E-state index contributed by atoms with van der Waals surface area (Å²) < 4.78 is 37.7. The third-order valence-electron chi connectivity index (χ3n) is 4.01. The highest BCUT2D eigenvalue weighted by Gasteiger charge is 2.42. The van der Waals surface area contributed by atoms with E-state index in [2.05, 4.69) is 0 Å². The van der Waals surface area contributed by atoms with Gasteiger partial charge in [0.15, 0.2) is 0 Å². The molecule has 1 unspecified atom stereocenters. The molecule has 19 heavy (non-hydrogen) atoms. The van der Waals surface area contributed by atoms with Crippen LogP contribution >= 0.6 is 0 Å². The fourth-order valence-electron chi connectivity index (χ4n) is 2.73. The van der Waals surface area contributed by atoms with E-state index in [-0.39, 0.29) is 18.9 Å². The lowest BCUT2D eigenvalue weighted by molar-refractivity contribution is -0.184. The first-order valence-electron chi connectivity index (χ1n) is 6.79. The third kappa shape index (κ3) is 4.67. The molecule has 0 heterocycles. The summed E-state index contributed by atoms with van der Waals surface area (Å²) in [5.74, 6) is -2.53. The average molecular weight is 281 g/mol. The maximum Gasteiger partial charge on any atom is 0.391 e. The molecule has 0 aliphatic heterocycles. The van der Waals surface area contributed by atoms with Gasteiger partial charge < -0.3 is 5.11 Å². The van der Waals surface area contributed by atoms with Gasteiger partial charge in [0.25, 0.3) is 0 Å². The van der Waals surface area contributed by atoms with Crippen molar-refractivity contribution >= 4 is 5.97 Å². The van der Waals surface area contributed by atoms with Gasteiger partial charge in [-0.1, -0.05) is 13.8 Å². The van der Waals surface area contributed by atoms with E-state index in [0.29, 0.717) is 25.9 Å². The zero-order valence-corrected chi connectivity index (χ0v) is 11.4. The van der Waals surface area contributed by atoms with E-state index in [1.165, 1.54) is 0 Å². The first-order valence-corrected chi connectivity index (χ1v) is 6.79. The van der Waals surface area contributed by atoms with Crippen LogP contribution in [0.2, 0.25) is 0 Å². The van der Waals surface area contributed by atoms with Gasteiger partial charge in [-0.2, -0.15) is 13.2 Å². The Hall–Kier alpha value is -0.780. The van der Waals surface area contributed by atoms with Gasteiger partial charge >= 0.3 is 12.1 Å². The lowest BCUT2D eigenvalue weighted by atomic mass is 9.84. The lowest BCUT2D eigenvalue weighted by Crippen LogP contribution is -2.43. The molecule has 0 amide bonds. The van der Waals surface area contributed by atoms with Crippen LogP contribution in [-0.2, 0) is 4.79 Å². The minimum Gasteiger partial charge on any atom is -0.481 e. The highest BCUT2D eigenvalue weighted by Crippen LogP contribution is 2.38. The molecule has 0 aromatic rings. The molecule has 112 valence electrons. The fraction of sp³-hybridized carbons (Fsp3) is 0.923. The molecule has 1 aliphatic rings. The quantitative estimate of drug-likeness (QED) is 0.841. The van der Waals surface area contributed by atoms with Crippen LogP contribution in [0.5, 0.6) is 0 Å². The number of carboxylic acid groups (broad SMARTS) is 1. The molecule has 1 fully saturated rings. The van der Waals surface area contributed by atoms with E-state index >= 15 is 0 Å². The largest absolute Gasteiger partial charge is 0.481 e. The summed E-state index contributed by atoms with van der Waals surface area (Å²) in [6.07, 6.45) is -2.76. The predicted molar refractivity (Wildman–Crippen MR) is 65.8 cm³/mol. The van der Waals surface area contributed by atoms with Crippen LogP contribution in [0.4, 0.5) is 13.2 Å². The number of nitrogens with zero attached hydrogens (tertiary/aromatic N) is 1. The van der Waals surface area contributed by atoms with E-state index in [1.807, 2.05) is 11.8 Å². The first-order chi connectivity index (χ1) is 8.75. The summed E-state index contributed by atoms with van der Waals surface area (Å²) in [5.41, 5.74) is 0. The second-order valence-corrected chi connectivity index (χ2v) is 5.37. The normalized spacial score (nSPS) is 26.4. The van der Waals surface area contributed by atoms with Crippen molar-refractivity contribution in [3.05, 3.63) is 0 Å². The number of rotatable bonds is 5. The molecule has 0 spiro atoms. The van der Waals surface area contributed by atoms with E-state index < -0.39 is 24.0 Å². The summed E-state index contributed by atoms with van der Waals surface area (Å²) >= 11 is 0. The van der Waals surface area contributed by atoms with Gasteiger partial charge in [0.1, 0.15) is 0 Å². The van der Waals surface area contributed by atoms with Crippen LogP contribution in [0.1, 0.15) is 39.5 Å². The molecule has 0 saturated heterocycles. The second kappa shape index (κ2) is 6.59. The van der Waals surface area contributed by atoms with Crippen molar-refractivity contribution in [3.63, 3.8) is 0 Å². The van der Waals surface area contributed by atoms with Crippen LogP contribution in [0.25, 0.3) is 0 Å². The molecule has 1 saturated carbocycles. The Morgan fingerprint density at radius 2 is 1.84 bits per heavy atom. The zero-order valence-electron chi connectivity index (χ0n) is 11.4. The number of halogens is 3. The van der Waals surface area contributed by atoms with E-state index in [4.69, 9.17) is 5.11 Å². The monoisotopic (exact) mass is 281 g/mol. The van der Waals surface area contributed by atoms with Crippen LogP contribution in [0.15, 0.2) is 0 Å². The molecule has 0 bridgehead atoms. The molecular formula is C13H22F3NO2. The zero-order chi connectivity index (χ0) is 14.6. The maximum atomic E-state index is 12.6. The van der Waals surface area contributed by atoms with Crippen molar-refractivity contribution in [3.8, 4) is 0 Å². The Bertz CT molecular complexity index is 299. The van der Waals surface area contributed by atoms with Crippen molar-refractivity contribution in [2.45, 2.75) is 51.7 Å². The predicted octanol–water partition coefficient (Wildman–Crippen LogP) is 3.15. The SMILES string of the molecule is CCN(CC(C)C(=O)O)C1CCC(C(F)(F)F)CC1. The summed E-state index contributed by atoms with van der Waals surface area (Å²) in [4.78, 5) is 12.8. The minimum absolute atomic E-state index is 0.0883. The Morgan fingerprint density at radius 3 is 2.21 bits per heavy atom. The van der Waals surface area contributed by atoms with Gasteiger partial charge in [-0.05, 0) is 32.2 Å². The standard InChI is InChI=1S/C13H22F3NO2/c1-3-17(8-9(2)12(18)19)11-6-4-10(5-7-11)13(14,15)16/h9-11H,3-8H2,1-2H3,(H,18,19). The number of carbonyl (C=O) groups is 1. The summed E-state index contributed by atoms with van der Waals surface area (Å²) in [6.45, 7) is 4.64. The molecule has 0 aromatic heterocycles. The molecule has 1 N–H and O–H groups in total. The number of aliphatic carboxylic acids is 1. The first kappa shape index (κ1) is 16.3. The van der Waals surface area contributed by atoms with Gasteiger partial charge in [0.2, 0.25) is 0 Å². The van der Waals surface area contributed by atoms with Gasteiger partial charge in [0.05, 0.1) is 11.8 Å². The fourth-order valence-corrected chi connectivity index (χ4v) is 2.73. The highest BCUT2D eigenvalue weighted by atomic mass is 19.4. The average Bonchev–Trinajstić information content (AvgIpc) is 2.34. The van der Waals surface area contributed by atoms with Gasteiger partial charge in [-0.25, -0.2) is 0 Å². The van der Waals surface area contributed by atoms with Crippen molar-refractivity contribution < 1.29 is 23.1 Å². The maximum absolute atomic E-state index is 12.6. The Balaban J connectivity index is 2.50. The van der Waals surface area contributed by atoms with Crippen molar-refractivity contribution in [2.24, 2.45) is 11.8 Å². The topological polar surface area (TPSA) is 40.5 Å². The van der Waals surface area contributed by atoms with Gasteiger partial charge in [-0.15, -0.1) is 0 Å². The van der Waals surface area contributed by atoms with E-state index in [9.17, 15) is 18.0 Å². The van der Waals surface area contributed by atoms with Crippen LogP contribution in [-0.4, -0.2) is 41.3 Å². The number of hydrogen-bond donors (Lipinski definition) is 1.